The van der Waals surface area contributed by atoms with Crippen LogP contribution in [0.25, 0.3) is 0 Å². The van der Waals surface area contributed by atoms with Crippen molar-refractivity contribution in [1.82, 2.24) is 9.88 Å². The van der Waals surface area contributed by atoms with Crippen LogP contribution in [0, 0.1) is 0 Å². The van der Waals surface area contributed by atoms with Gasteiger partial charge in [0.2, 0.25) is 0 Å². The summed E-state index contributed by atoms with van der Waals surface area (Å²) in [6.07, 6.45) is 5.58. The van der Waals surface area contributed by atoms with E-state index in [-0.39, 0.29) is 0 Å². The Hall–Kier alpha value is -1.06. The van der Waals surface area contributed by atoms with Gasteiger partial charge in [-0.05, 0) is 36.4 Å². The fourth-order valence-corrected chi connectivity index (χ4v) is 2.66. The minimum Gasteiger partial charge on any atom is -0.354 e. The molecule has 0 saturated carbocycles. The van der Waals surface area contributed by atoms with Crippen molar-refractivity contribution >= 4 is 11.3 Å². The lowest BCUT2D eigenvalue weighted by Crippen LogP contribution is -2.16. The van der Waals surface area contributed by atoms with Gasteiger partial charge in [-0.3, -0.25) is 0 Å². The first-order valence-electron chi connectivity index (χ1n) is 6.21. The van der Waals surface area contributed by atoms with Gasteiger partial charge in [0.1, 0.15) is 0 Å². The number of aromatic nitrogens is 1. The highest BCUT2D eigenvalue weighted by Gasteiger charge is 2.05. The fraction of sp³-hybridized carbons (Fsp3) is 0.429. The molecule has 0 amide bonds. The van der Waals surface area contributed by atoms with Crippen LogP contribution in [0.5, 0.6) is 0 Å². The third-order valence-corrected chi connectivity index (χ3v) is 3.93. The van der Waals surface area contributed by atoms with Crippen molar-refractivity contribution in [3.05, 3.63) is 46.4 Å². The van der Waals surface area contributed by atoms with Gasteiger partial charge < -0.3 is 9.88 Å². The molecular weight excluding hydrogens is 228 g/mol. The zero-order valence-electron chi connectivity index (χ0n) is 10.5. The maximum Gasteiger partial charge on any atom is 0.0388 e. The second-order valence-corrected chi connectivity index (χ2v) is 5.35. The Labute approximate surface area is 107 Å². The molecule has 0 spiro atoms. The SMILES string of the molecule is CCCn1ccc(CN[C@H](C)c2cccs2)c1. The second-order valence-electron chi connectivity index (χ2n) is 4.38. The van der Waals surface area contributed by atoms with Gasteiger partial charge in [-0.15, -0.1) is 11.3 Å². The van der Waals surface area contributed by atoms with Crippen molar-refractivity contribution < 1.29 is 0 Å². The molecule has 0 bridgehead atoms. The third kappa shape index (κ3) is 3.45. The van der Waals surface area contributed by atoms with E-state index in [4.69, 9.17) is 0 Å². The van der Waals surface area contributed by atoms with Gasteiger partial charge >= 0.3 is 0 Å². The summed E-state index contributed by atoms with van der Waals surface area (Å²) in [5, 5.41) is 5.68. The van der Waals surface area contributed by atoms with E-state index in [0.717, 1.165) is 13.1 Å². The molecule has 0 saturated heterocycles. The highest BCUT2D eigenvalue weighted by atomic mass is 32.1. The Morgan fingerprint density at radius 2 is 2.29 bits per heavy atom. The Bertz CT molecular complexity index is 431. The van der Waals surface area contributed by atoms with E-state index in [9.17, 15) is 0 Å². The van der Waals surface area contributed by atoms with Crippen LogP contribution in [-0.4, -0.2) is 4.57 Å². The molecule has 0 aliphatic rings. The summed E-state index contributed by atoms with van der Waals surface area (Å²) in [7, 11) is 0. The van der Waals surface area contributed by atoms with Crippen molar-refractivity contribution in [3.63, 3.8) is 0 Å². The van der Waals surface area contributed by atoms with Gasteiger partial charge in [-0.1, -0.05) is 13.0 Å². The van der Waals surface area contributed by atoms with Gasteiger partial charge in [0.25, 0.3) is 0 Å². The van der Waals surface area contributed by atoms with Gasteiger partial charge in [0.05, 0.1) is 0 Å². The molecule has 2 aromatic heterocycles. The van der Waals surface area contributed by atoms with Crippen molar-refractivity contribution in [2.75, 3.05) is 0 Å². The molecule has 92 valence electrons. The zero-order valence-corrected chi connectivity index (χ0v) is 11.3. The van der Waals surface area contributed by atoms with Gasteiger partial charge in [0, 0.05) is 36.4 Å². The predicted octanol–water partition coefficient (Wildman–Crippen LogP) is 3.81. The summed E-state index contributed by atoms with van der Waals surface area (Å²) in [5.74, 6) is 0. The molecule has 2 aromatic rings. The minimum atomic E-state index is 0.435. The number of hydrogen-bond donors (Lipinski definition) is 1. The van der Waals surface area contributed by atoms with E-state index in [1.807, 2.05) is 11.3 Å². The largest absolute Gasteiger partial charge is 0.354 e. The zero-order chi connectivity index (χ0) is 12.1. The van der Waals surface area contributed by atoms with Crippen LogP contribution < -0.4 is 5.32 Å². The fourth-order valence-electron chi connectivity index (χ4n) is 1.90. The number of nitrogens with one attached hydrogen (secondary N) is 1. The van der Waals surface area contributed by atoms with Crippen LogP contribution in [-0.2, 0) is 13.1 Å². The average Bonchev–Trinajstić information content (AvgIpc) is 2.97. The Morgan fingerprint density at radius 3 is 3.00 bits per heavy atom. The van der Waals surface area contributed by atoms with Gasteiger partial charge in [-0.25, -0.2) is 0 Å². The summed E-state index contributed by atoms with van der Waals surface area (Å²) in [6.45, 7) is 6.47. The molecule has 2 nitrogen and oxygen atoms in total. The Morgan fingerprint density at radius 1 is 1.41 bits per heavy atom. The van der Waals surface area contributed by atoms with Gasteiger partial charge in [-0.2, -0.15) is 0 Å². The summed E-state index contributed by atoms with van der Waals surface area (Å²) in [5.41, 5.74) is 1.36. The molecule has 0 radical (unpaired) electrons. The quantitative estimate of drug-likeness (QED) is 0.822. The van der Waals surface area contributed by atoms with Crippen molar-refractivity contribution in [1.29, 1.82) is 0 Å². The van der Waals surface area contributed by atoms with E-state index in [2.05, 4.69) is 59.7 Å². The normalized spacial score (nSPS) is 12.8. The number of rotatable bonds is 6. The van der Waals surface area contributed by atoms with E-state index < -0.39 is 0 Å². The summed E-state index contributed by atoms with van der Waals surface area (Å²) in [6, 6.07) is 6.93. The summed E-state index contributed by atoms with van der Waals surface area (Å²) < 4.78 is 2.26. The first-order valence-corrected chi connectivity index (χ1v) is 7.09. The number of thiophene rings is 1. The average molecular weight is 248 g/mol. The van der Waals surface area contributed by atoms with E-state index in [1.165, 1.54) is 16.9 Å². The Kier molecular flexibility index (Phi) is 4.40. The third-order valence-electron chi connectivity index (χ3n) is 2.88. The van der Waals surface area contributed by atoms with Crippen LogP contribution in [0.2, 0.25) is 0 Å². The maximum atomic E-state index is 3.55. The van der Waals surface area contributed by atoms with E-state index in [1.54, 1.807) is 0 Å². The number of aryl methyl sites for hydroxylation is 1. The molecule has 3 heteroatoms. The van der Waals surface area contributed by atoms with Gasteiger partial charge in [0.15, 0.2) is 0 Å². The van der Waals surface area contributed by atoms with Crippen LogP contribution in [0.1, 0.15) is 36.8 Å². The summed E-state index contributed by atoms with van der Waals surface area (Å²) in [4.78, 5) is 1.40. The van der Waals surface area contributed by atoms with Crippen LogP contribution in [0.4, 0.5) is 0 Å². The lowest BCUT2D eigenvalue weighted by molar-refractivity contribution is 0.581. The molecule has 2 rings (SSSR count). The molecule has 1 N–H and O–H groups in total. The molecule has 0 aliphatic carbocycles. The first kappa shape index (κ1) is 12.4. The molecule has 17 heavy (non-hydrogen) atoms. The molecule has 0 aliphatic heterocycles. The topological polar surface area (TPSA) is 17.0 Å². The van der Waals surface area contributed by atoms with Crippen molar-refractivity contribution in [2.45, 2.75) is 39.4 Å². The highest BCUT2D eigenvalue weighted by molar-refractivity contribution is 7.10. The summed E-state index contributed by atoms with van der Waals surface area (Å²) >= 11 is 1.81. The molecule has 2 heterocycles. The molecule has 0 aromatic carbocycles. The van der Waals surface area contributed by atoms with E-state index in [0.29, 0.717) is 6.04 Å². The molecular formula is C14H20N2S. The molecule has 1 atom stereocenters. The highest BCUT2D eigenvalue weighted by Crippen LogP contribution is 2.18. The van der Waals surface area contributed by atoms with Crippen LogP contribution in [0.15, 0.2) is 36.0 Å². The first-order chi connectivity index (χ1) is 8.29. The van der Waals surface area contributed by atoms with Crippen molar-refractivity contribution in [3.8, 4) is 0 Å². The second kappa shape index (κ2) is 6.03. The monoisotopic (exact) mass is 248 g/mol. The Balaban J connectivity index is 1.84. The molecule has 0 unspecified atom stereocenters. The smallest absolute Gasteiger partial charge is 0.0388 e. The van der Waals surface area contributed by atoms with E-state index >= 15 is 0 Å². The van der Waals surface area contributed by atoms with Crippen LogP contribution >= 0.6 is 11.3 Å². The van der Waals surface area contributed by atoms with Crippen LogP contribution in [0.3, 0.4) is 0 Å². The molecule has 0 fully saturated rings. The maximum absolute atomic E-state index is 3.55. The number of hydrogen-bond acceptors (Lipinski definition) is 2. The standard InChI is InChI=1S/C14H20N2S/c1-3-7-16-8-6-13(11-16)10-15-12(2)14-5-4-9-17-14/h4-6,8-9,11-12,15H,3,7,10H2,1-2H3/t12-/m1/s1. The number of nitrogens with zero attached hydrogens (tertiary/aromatic N) is 1. The lowest BCUT2D eigenvalue weighted by atomic mass is 10.2. The van der Waals surface area contributed by atoms with Crippen molar-refractivity contribution in [2.24, 2.45) is 0 Å². The lowest BCUT2D eigenvalue weighted by Gasteiger charge is -2.10. The predicted molar refractivity (Wildman–Crippen MR) is 74.3 cm³/mol. The minimum absolute atomic E-state index is 0.435.